The maximum absolute atomic E-state index is 5.14. The van der Waals surface area contributed by atoms with Gasteiger partial charge in [0.05, 0.1) is 6.61 Å². The summed E-state index contributed by atoms with van der Waals surface area (Å²) in [4.78, 5) is 0. The van der Waals surface area contributed by atoms with Gasteiger partial charge in [0.25, 0.3) is 0 Å². The molecule has 1 unspecified atom stereocenters. The molecule has 0 fully saturated rings. The maximum atomic E-state index is 5.14. The Morgan fingerprint density at radius 1 is 0.810 bits per heavy atom. The van der Waals surface area contributed by atoms with E-state index in [1.165, 1.54) is 77.2 Å². The molecule has 0 saturated carbocycles. The molecule has 0 saturated heterocycles. The number of ether oxygens (including phenoxy) is 1. The van der Waals surface area contributed by atoms with Crippen molar-refractivity contribution in [1.29, 1.82) is 0 Å². The summed E-state index contributed by atoms with van der Waals surface area (Å²) in [7, 11) is 1.78. The first kappa shape index (κ1) is 20.9. The lowest BCUT2D eigenvalue weighted by atomic mass is 9.75. The van der Waals surface area contributed by atoms with Crippen LogP contribution in [-0.2, 0) is 4.74 Å². The number of rotatable bonds is 16. The van der Waals surface area contributed by atoms with Gasteiger partial charge in [0, 0.05) is 20.2 Å². The highest BCUT2D eigenvalue weighted by molar-refractivity contribution is 4.80. The van der Waals surface area contributed by atoms with Gasteiger partial charge in [-0.1, -0.05) is 72.1 Å². The molecule has 0 aromatic carbocycles. The minimum Gasteiger partial charge on any atom is -0.383 e. The molecule has 0 aromatic heterocycles. The molecule has 0 heterocycles. The standard InChI is InChI=1S/C19H41NO/c1-5-8-10-11-12-13-15-19(7-3,14-9-6-2)18-20-16-17-21-4/h20H,5-18H2,1-4H3. The van der Waals surface area contributed by atoms with Crippen LogP contribution in [-0.4, -0.2) is 26.8 Å². The molecule has 0 aliphatic carbocycles. The van der Waals surface area contributed by atoms with Crippen molar-refractivity contribution in [3.8, 4) is 0 Å². The van der Waals surface area contributed by atoms with Gasteiger partial charge in [-0.15, -0.1) is 0 Å². The Labute approximate surface area is 134 Å². The van der Waals surface area contributed by atoms with Crippen molar-refractivity contribution >= 4 is 0 Å². The lowest BCUT2D eigenvalue weighted by molar-refractivity contribution is 0.174. The molecule has 0 radical (unpaired) electrons. The lowest BCUT2D eigenvalue weighted by Crippen LogP contribution is -2.35. The Hall–Kier alpha value is -0.0800. The van der Waals surface area contributed by atoms with Crippen LogP contribution >= 0.6 is 0 Å². The Kier molecular flexibility index (Phi) is 14.8. The molecule has 128 valence electrons. The SMILES string of the molecule is CCCCCCCCC(CC)(CCCC)CNCCOC. The van der Waals surface area contributed by atoms with Crippen molar-refractivity contribution in [2.24, 2.45) is 5.41 Å². The van der Waals surface area contributed by atoms with Crippen LogP contribution in [0.15, 0.2) is 0 Å². The fourth-order valence-electron chi connectivity index (χ4n) is 3.14. The highest BCUT2D eigenvalue weighted by Crippen LogP contribution is 2.34. The zero-order valence-corrected chi connectivity index (χ0v) is 15.3. The van der Waals surface area contributed by atoms with E-state index in [1.807, 2.05) is 0 Å². The molecule has 2 heteroatoms. The van der Waals surface area contributed by atoms with Crippen LogP contribution in [0.5, 0.6) is 0 Å². The van der Waals surface area contributed by atoms with Crippen LogP contribution in [0.25, 0.3) is 0 Å². The van der Waals surface area contributed by atoms with E-state index in [1.54, 1.807) is 7.11 Å². The van der Waals surface area contributed by atoms with Gasteiger partial charge < -0.3 is 10.1 Å². The molecular weight excluding hydrogens is 258 g/mol. The van der Waals surface area contributed by atoms with E-state index in [4.69, 9.17) is 4.74 Å². The van der Waals surface area contributed by atoms with Gasteiger partial charge in [-0.05, 0) is 24.7 Å². The Bertz CT molecular complexity index is 208. The Balaban J connectivity index is 4.08. The quantitative estimate of drug-likeness (QED) is 0.377. The fraction of sp³-hybridized carbons (Fsp3) is 1.00. The van der Waals surface area contributed by atoms with E-state index in [9.17, 15) is 0 Å². The average molecular weight is 300 g/mol. The number of methoxy groups -OCH3 is 1. The minimum atomic E-state index is 0.522. The molecule has 1 N–H and O–H groups in total. The van der Waals surface area contributed by atoms with E-state index in [2.05, 4.69) is 26.1 Å². The Morgan fingerprint density at radius 2 is 1.43 bits per heavy atom. The van der Waals surface area contributed by atoms with Crippen molar-refractivity contribution in [2.45, 2.75) is 91.4 Å². The van der Waals surface area contributed by atoms with E-state index in [0.717, 1.165) is 13.2 Å². The van der Waals surface area contributed by atoms with Crippen LogP contribution in [0.2, 0.25) is 0 Å². The van der Waals surface area contributed by atoms with Crippen molar-refractivity contribution < 1.29 is 4.74 Å². The topological polar surface area (TPSA) is 21.3 Å². The van der Waals surface area contributed by atoms with Gasteiger partial charge in [0.1, 0.15) is 0 Å². The molecule has 1 atom stereocenters. The molecule has 0 rings (SSSR count). The molecule has 0 aliphatic heterocycles. The number of hydrogen-bond donors (Lipinski definition) is 1. The summed E-state index contributed by atoms with van der Waals surface area (Å²) in [6.07, 6.45) is 15.2. The Morgan fingerprint density at radius 3 is 2.05 bits per heavy atom. The maximum Gasteiger partial charge on any atom is 0.0587 e. The van der Waals surface area contributed by atoms with Crippen LogP contribution < -0.4 is 5.32 Å². The molecule has 0 spiro atoms. The smallest absolute Gasteiger partial charge is 0.0587 e. The second kappa shape index (κ2) is 14.8. The monoisotopic (exact) mass is 299 g/mol. The van der Waals surface area contributed by atoms with Crippen LogP contribution in [0, 0.1) is 5.41 Å². The first-order valence-electron chi connectivity index (χ1n) is 9.44. The van der Waals surface area contributed by atoms with Gasteiger partial charge in [-0.25, -0.2) is 0 Å². The normalized spacial score (nSPS) is 14.3. The van der Waals surface area contributed by atoms with Crippen molar-refractivity contribution in [3.05, 3.63) is 0 Å². The zero-order chi connectivity index (χ0) is 15.8. The van der Waals surface area contributed by atoms with E-state index in [0.29, 0.717) is 5.41 Å². The zero-order valence-electron chi connectivity index (χ0n) is 15.3. The number of unbranched alkanes of at least 4 members (excludes halogenated alkanes) is 6. The van der Waals surface area contributed by atoms with E-state index in [-0.39, 0.29) is 0 Å². The largest absolute Gasteiger partial charge is 0.383 e. The first-order valence-corrected chi connectivity index (χ1v) is 9.44. The summed E-state index contributed by atoms with van der Waals surface area (Å²) in [5.41, 5.74) is 0.522. The summed E-state index contributed by atoms with van der Waals surface area (Å²) >= 11 is 0. The third-order valence-corrected chi connectivity index (χ3v) is 4.85. The second-order valence-electron chi connectivity index (χ2n) is 6.64. The molecule has 0 aromatic rings. The first-order chi connectivity index (χ1) is 10.2. The highest BCUT2D eigenvalue weighted by atomic mass is 16.5. The third-order valence-electron chi connectivity index (χ3n) is 4.85. The summed E-state index contributed by atoms with van der Waals surface area (Å²) < 4.78 is 5.14. The average Bonchev–Trinajstić information content (AvgIpc) is 2.52. The molecule has 0 amide bonds. The minimum absolute atomic E-state index is 0.522. The number of hydrogen-bond acceptors (Lipinski definition) is 2. The summed E-state index contributed by atoms with van der Waals surface area (Å²) in [6, 6.07) is 0. The van der Waals surface area contributed by atoms with Gasteiger partial charge in [0.15, 0.2) is 0 Å². The van der Waals surface area contributed by atoms with Gasteiger partial charge in [0.2, 0.25) is 0 Å². The second-order valence-corrected chi connectivity index (χ2v) is 6.64. The summed E-state index contributed by atoms with van der Waals surface area (Å²) in [6.45, 7) is 9.96. The molecule has 2 nitrogen and oxygen atoms in total. The van der Waals surface area contributed by atoms with Gasteiger partial charge >= 0.3 is 0 Å². The predicted octanol–water partition coefficient (Wildman–Crippen LogP) is 5.56. The van der Waals surface area contributed by atoms with Crippen LogP contribution in [0.4, 0.5) is 0 Å². The van der Waals surface area contributed by atoms with Crippen molar-refractivity contribution in [3.63, 3.8) is 0 Å². The third kappa shape index (κ3) is 11.2. The lowest BCUT2D eigenvalue weighted by Gasteiger charge is -2.33. The highest BCUT2D eigenvalue weighted by Gasteiger charge is 2.26. The summed E-state index contributed by atoms with van der Waals surface area (Å²) in [5.74, 6) is 0. The number of nitrogens with one attached hydrogen (secondary N) is 1. The predicted molar refractivity (Wildman–Crippen MR) is 95.0 cm³/mol. The van der Waals surface area contributed by atoms with Crippen LogP contribution in [0.1, 0.15) is 91.4 Å². The van der Waals surface area contributed by atoms with E-state index >= 15 is 0 Å². The molecule has 0 aliphatic rings. The van der Waals surface area contributed by atoms with Gasteiger partial charge in [-0.3, -0.25) is 0 Å². The molecule has 21 heavy (non-hydrogen) atoms. The fourth-order valence-corrected chi connectivity index (χ4v) is 3.14. The van der Waals surface area contributed by atoms with Crippen molar-refractivity contribution in [1.82, 2.24) is 5.32 Å². The van der Waals surface area contributed by atoms with E-state index < -0.39 is 0 Å². The molecule has 0 bridgehead atoms. The molecular formula is C19H41NO. The van der Waals surface area contributed by atoms with Gasteiger partial charge in [-0.2, -0.15) is 0 Å². The van der Waals surface area contributed by atoms with Crippen molar-refractivity contribution in [2.75, 3.05) is 26.8 Å². The van der Waals surface area contributed by atoms with Crippen LogP contribution in [0.3, 0.4) is 0 Å². The summed E-state index contributed by atoms with van der Waals surface area (Å²) in [5, 5.41) is 3.62.